The maximum atomic E-state index is 11.0. The van der Waals surface area contributed by atoms with Gasteiger partial charge in [0.25, 0.3) is 0 Å². The standard InChI is InChI=1S/C17H18O2/c1-17(2,3)14-8-6-9-15(11-14)19-16-10-5-4-7-13(16)12-18/h4-12H,1-3H3. The number of ether oxygens (including phenoxy) is 1. The molecule has 2 nitrogen and oxygen atoms in total. The van der Waals surface area contributed by atoms with Crippen molar-refractivity contribution in [3.05, 3.63) is 59.7 Å². The van der Waals surface area contributed by atoms with Gasteiger partial charge in [-0.25, -0.2) is 0 Å². The van der Waals surface area contributed by atoms with Crippen molar-refractivity contribution in [1.82, 2.24) is 0 Å². The van der Waals surface area contributed by atoms with Crippen molar-refractivity contribution in [3.8, 4) is 11.5 Å². The summed E-state index contributed by atoms with van der Waals surface area (Å²) >= 11 is 0. The molecule has 0 saturated carbocycles. The smallest absolute Gasteiger partial charge is 0.153 e. The molecule has 0 fully saturated rings. The molecule has 0 radical (unpaired) electrons. The van der Waals surface area contributed by atoms with E-state index in [4.69, 9.17) is 4.74 Å². The van der Waals surface area contributed by atoms with Crippen molar-refractivity contribution in [1.29, 1.82) is 0 Å². The van der Waals surface area contributed by atoms with E-state index in [9.17, 15) is 4.79 Å². The lowest BCUT2D eigenvalue weighted by Crippen LogP contribution is -2.10. The number of carbonyl (C=O) groups excluding carboxylic acids is 1. The molecule has 2 rings (SSSR count). The third kappa shape index (κ3) is 3.22. The molecule has 0 bridgehead atoms. The normalized spacial score (nSPS) is 11.1. The van der Waals surface area contributed by atoms with Crippen molar-refractivity contribution in [2.45, 2.75) is 26.2 Å². The Morgan fingerprint density at radius 3 is 2.42 bits per heavy atom. The minimum Gasteiger partial charge on any atom is -0.457 e. The van der Waals surface area contributed by atoms with Crippen molar-refractivity contribution in [2.75, 3.05) is 0 Å². The van der Waals surface area contributed by atoms with Gasteiger partial charge in [-0.05, 0) is 35.2 Å². The van der Waals surface area contributed by atoms with Crippen LogP contribution in [0.25, 0.3) is 0 Å². The highest BCUT2D eigenvalue weighted by molar-refractivity contribution is 5.79. The van der Waals surface area contributed by atoms with Crippen LogP contribution in [0.5, 0.6) is 11.5 Å². The molecular weight excluding hydrogens is 236 g/mol. The molecule has 2 aromatic rings. The van der Waals surface area contributed by atoms with E-state index in [0.717, 1.165) is 12.0 Å². The molecule has 0 N–H and O–H groups in total. The monoisotopic (exact) mass is 254 g/mol. The molecule has 2 heteroatoms. The average Bonchev–Trinajstić information content (AvgIpc) is 2.39. The van der Waals surface area contributed by atoms with Gasteiger partial charge in [-0.15, -0.1) is 0 Å². The van der Waals surface area contributed by atoms with E-state index < -0.39 is 0 Å². The van der Waals surface area contributed by atoms with Gasteiger partial charge in [-0.3, -0.25) is 4.79 Å². The van der Waals surface area contributed by atoms with E-state index in [1.54, 1.807) is 12.1 Å². The van der Waals surface area contributed by atoms with Crippen LogP contribution in [0.1, 0.15) is 36.7 Å². The molecule has 0 aliphatic rings. The van der Waals surface area contributed by atoms with Crippen LogP contribution < -0.4 is 4.74 Å². The van der Waals surface area contributed by atoms with Gasteiger partial charge in [0.05, 0.1) is 5.56 Å². The lowest BCUT2D eigenvalue weighted by Gasteiger charge is -2.19. The fourth-order valence-corrected chi connectivity index (χ4v) is 1.82. The van der Waals surface area contributed by atoms with Crippen LogP contribution in [0.3, 0.4) is 0 Å². The Hall–Kier alpha value is -2.09. The number of para-hydroxylation sites is 1. The first-order valence-electron chi connectivity index (χ1n) is 6.33. The van der Waals surface area contributed by atoms with Crippen LogP contribution >= 0.6 is 0 Å². The molecule has 0 spiro atoms. The Bertz CT molecular complexity index is 580. The van der Waals surface area contributed by atoms with Crippen molar-refractivity contribution < 1.29 is 9.53 Å². The van der Waals surface area contributed by atoms with Crippen LogP contribution in [0.4, 0.5) is 0 Å². The summed E-state index contributed by atoms with van der Waals surface area (Å²) in [4.78, 5) is 11.0. The van der Waals surface area contributed by atoms with Crippen LogP contribution in [-0.2, 0) is 5.41 Å². The summed E-state index contributed by atoms with van der Waals surface area (Å²) in [5, 5.41) is 0. The molecule has 0 amide bonds. The van der Waals surface area contributed by atoms with E-state index in [2.05, 4.69) is 26.8 Å². The van der Waals surface area contributed by atoms with Gasteiger partial charge in [0, 0.05) is 0 Å². The first-order valence-corrected chi connectivity index (χ1v) is 6.33. The number of benzene rings is 2. The summed E-state index contributed by atoms with van der Waals surface area (Å²) < 4.78 is 5.80. The van der Waals surface area contributed by atoms with Crippen LogP contribution in [-0.4, -0.2) is 6.29 Å². The maximum Gasteiger partial charge on any atom is 0.153 e. The summed E-state index contributed by atoms with van der Waals surface area (Å²) in [6.07, 6.45) is 0.808. The van der Waals surface area contributed by atoms with Crippen LogP contribution in [0.2, 0.25) is 0 Å². The molecule has 0 unspecified atom stereocenters. The number of hydrogen-bond donors (Lipinski definition) is 0. The highest BCUT2D eigenvalue weighted by Crippen LogP contribution is 2.29. The third-order valence-corrected chi connectivity index (χ3v) is 2.97. The van der Waals surface area contributed by atoms with Gasteiger partial charge in [-0.1, -0.05) is 45.0 Å². The Morgan fingerprint density at radius 1 is 1.00 bits per heavy atom. The quantitative estimate of drug-likeness (QED) is 0.749. The highest BCUT2D eigenvalue weighted by Gasteiger charge is 2.14. The van der Waals surface area contributed by atoms with Gasteiger partial charge in [0.15, 0.2) is 6.29 Å². The van der Waals surface area contributed by atoms with E-state index in [1.807, 2.05) is 30.3 Å². The molecule has 19 heavy (non-hydrogen) atoms. The Balaban J connectivity index is 2.31. The fourth-order valence-electron chi connectivity index (χ4n) is 1.82. The van der Waals surface area contributed by atoms with Gasteiger partial charge < -0.3 is 4.74 Å². The lowest BCUT2D eigenvalue weighted by atomic mass is 9.87. The van der Waals surface area contributed by atoms with Gasteiger partial charge in [0.2, 0.25) is 0 Å². The van der Waals surface area contributed by atoms with E-state index in [1.165, 1.54) is 5.56 Å². The fraction of sp³-hybridized carbons (Fsp3) is 0.235. The second-order valence-electron chi connectivity index (χ2n) is 5.54. The highest BCUT2D eigenvalue weighted by atomic mass is 16.5. The number of rotatable bonds is 3. The summed E-state index contributed by atoms with van der Waals surface area (Å²) in [6.45, 7) is 6.47. The Kier molecular flexibility index (Phi) is 3.70. The summed E-state index contributed by atoms with van der Waals surface area (Å²) in [5.41, 5.74) is 1.83. The largest absolute Gasteiger partial charge is 0.457 e. The zero-order valence-corrected chi connectivity index (χ0v) is 11.5. The molecule has 0 aromatic heterocycles. The summed E-state index contributed by atoms with van der Waals surface area (Å²) in [5.74, 6) is 1.34. The first kappa shape index (κ1) is 13.3. The Labute approximate surface area is 114 Å². The molecule has 0 heterocycles. The lowest BCUT2D eigenvalue weighted by molar-refractivity contribution is 0.112. The zero-order chi connectivity index (χ0) is 13.9. The third-order valence-electron chi connectivity index (χ3n) is 2.97. The topological polar surface area (TPSA) is 26.3 Å². The molecule has 0 atom stereocenters. The number of hydrogen-bond acceptors (Lipinski definition) is 2. The van der Waals surface area contributed by atoms with Crippen molar-refractivity contribution in [3.63, 3.8) is 0 Å². The molecule has 0 saturated heterocycles. The van der Waals surface area contributed by atoms with E-state index in [-0.39, 0.29) is 5.41 Å². The SMILES string of the molecule is CC(C)(C)c1cccc(Oc2ccccc2C=O)c1. The summed E-state index contributed by atoms with van der Waals surface area (Å²) in [7, 11) is 0. The Morgan fingerprint density at radius 2 is 1.74 bits per heavy atom. The average molecular weight is 254 g/mol. The minimum absolute atomic E-state index is 0.0730. The van der Waals surface area contributed by atoms with Crippen molar-refractivity contribution >= 4 is 6.29 Å². The first-order chi connectivity index (χ1) is 9.00. The second-order valence-corrected chi connectivity index (χ2v) is 5.54. The number of carbonyl (C=O) groups is 1. The second kappa shape index (κ2) is 5.27. The predicted molar refractivity (Wildman–Crippen MR) is 77.0 cm³/mol. The molecular formula is C17H18O2. The maximum absolute atomic E-state index is 11.0. The van der Waals surface area contributed by atoms with Crippen molar-refractivity contribution in [2.24, 2.45) is 0 Å². The molecule has 0 aliphatic heterocycles. The number of aldehydes is 1. The minimum atomic E-state index is 0.0730. The molecule has 98 valence electrons. The molecule has 2 aromatic carbocycles. The van der Waals surface area contributed by atoms with Gasteiger partial charge in [-0.2, -0.15) is 0 Å². The van der Waals surface area contributed by atoms with Gasteiger partial charge >= 0.3 is 0 Å². The summed E-state index contributed by atoms with van der Waals surface area (Å²) in [6, 6.07) is 15.2. The molecule has 0 aliphatic carbocycles. The zero-order valence-electron chi connectivity index (χ0n) is 11.5. The van der Waals surface area contributed by atoms with E-state index >= 15 is 0 Å². The van der Waals surface area contributed by atoms with E-state index in [0.29, 0.717) is 11.3 Å². The van der Waals surface area contributed by atoms with Gasteiger partial charge in [0.1, 0.15) is 11.5 Å². The van der Waals surface area contributed by atoms with Crippen LogP contribution in [0.15, 0.2) is 48.5 Å². The predicted octanol–water partition coefficient (Wildman–Crippen LogP) is 4.59. The van der Waals surface area contributed by atoms with Crippen LogP contribution in [0, 0.1) is 0 Å².